The SMILES string of the molecule is CC(C)CCCNC(=O)CC(C)N1CCNCC1. The number of hydrogen-bond donors (Lipinski definition) is 2. The monoisotopic (exact) mass is 255 g/mol. The van der Waals surface area contributed by atoms with Gasteiger partial charge in [0.05, 0.1) is 0 Å². The average Bonchev–Trinajstić information content (AvgIpc) is 2.35. The van der Waals surface area contributed by atoms with Gasteiger partial charge in [0, 0.05) is 45.2 Å². The van der Waals surface area contributed by atoms with Crippen LogP contribution in [0.1, 0.15) is 40.0 Å². The van der Waals surface area contributed by atoms with Crippen LogP contribution in [-0.4, -0.2) is 49.6 Å². The normalized spacial score (nSPS) is 18.9. The lowest BCUT2D eigenvalue weighted by molar-refractivity contribution is -0.122. The van der Waals surface area contributed by atoms with Crippen molar-refractivity contribution in [3.05, 3.63) is 0 Å². The van der Waals surface area contributed by atoms with Crippen LogP contribution in [0, 0.1) is 5.92 Å². The van der Waals surface area contributed by atoms with Crippen LogP contribution in [0.4, 0.5) is 0 Å². The summed E-state index contributed by atoms with van der Waals surface area (Å²) in [6.45, 7) is 11.6. The molecule has 1 unspecified atom stereocenters. The van der Waals surface area contributed by atoms with Gasteiger partial charge in [0.2, 0.25) is 5.91 Å². The predicted molar refractivity (Wildman–Crippen MR) is 75.6 cm³/mol. The van der Waals surface area contributed by atoms with E-state index in [0.717, 1.165) is 45.1 Å². The molecule has 106 valence electrons. The highest BCUT2D eigenvalue weighted by atomic mass is 16.1. The zero-order chi connectivity index (χ0) is 13.4. The van der Waals surface area contributed by atoms with Gasteiger partial charge < -0.3 is 10.6 Å². The molecule has 0 bridgehead atoms. The molecule has 1 fully saturated rings. The van der Waals surface area contributed by atoms with Crippen molar-refractivity contribution in [1.82, 2.24) is 15.5 Å². The minimum atomic E-state index is 0.199. The maximum Gasteiger partial charge on any atom is 0.221 e. The van der Waals surface area contributed by atoms with Crippen molar-refractivity contribution in [3.63, 3.8) is 0 Å². The van der Waals surface area contributed by atoms with Gasteiger partial charge >= 0.3 is 0 Å². The van der Waals surface area contributed by atoms with E-state index in [0.29, 0.717) is 12.5 Å². The van der Waals surface area contributed by atoms with Crippen molar-refractivity contribution in [1.29, 1.82) is 0 Å². The lowest BCUT2D eigenvalue weighted by Crippen LogP contribution is -2.48. The van der Waals surface area contributed by atoms with Crippen molar-refractivity contribution in [3.8, 4) is 0 Å². The van der Waals surface area contributed by atoms with Gasteiger partial charge in [-0.3, -0.25) is 9.69 Å². The van der Waals surface area contributed by atoms with Crippen LogP contribution in [0.2, 0.25) is 0 Å². The van der Waals surface area contributed by atoms with E-state index in [-0.39, 0.29) is 5.91 Å². The second kappa shape index (κ2) is 8.48. The second-order valence-corrected chi connectivity index (χ2v) is 5.73. The molecule has 1 rings (SSSR count). The Hall–Kier alpha value is -0.610. The molecule has 18 heavy (non-hydrogen) atoms. The first-order chi connectivity index (χ1) is 8.59. The second-order valence-electron chi connectivity index (χ2n) is 5.73. The molecule has 4 heteroatoms. The maximum atomic E-state index is 11.8. The molecule has 0 aliphatic carbocycles. The maximum absolute atomic E-state index is 11.8. The Kier molecular flexibility index (Phi) is 7.28. The summed E-state index contributed by atoms with van der Waals surface area (Å²) in [6, 6.07) is 0.359. The molecule has 2 N–H and O–H groups in total. The molecule has 1 aliphatic heterocycles. The molecule has 0 saturated carbocycles. The van der Waals surface area contributed by atoms with Crippen LogP contribution < -0.4 is 10.6 Å². The Labute approximate surface area is 111 Å². The summed E-state index contributed by atoms with van der Waals surface area (Å²) in [4.78, 5) is 14.2. The minimum Gasteiger partial charge on any atom is -0.356 e. The summed E-state index contributed by atoms with van der Waals surface area (Å²) in [5, 5.41) is 6.36. The summed E-state index contributed by atoms with van der Waals surface area (Å²) in [5.74, 6) is 0.923. The zero-order valence-electron chi connectivity index (χ0n) is 12.2. The first-order valence-corrected chi connectivity index (χ1v) is 7.31. The molecular formula is C14H29N3O. The molecule has 0 aromatic rings. The summed E-state index contributed by atoms with van der Waals surface area (Å²) >= 11 is 0. The van der Waals surface area contributed by atoms with E-state index in [9.17, 15) is 4.79 Å². The van der Waals surface area contributed by atoms with Gasteiger partial charge in [-0.2, -0.15) is 0 Å². The largest absolute Gasteiger partial charge is 0.356 e. The first-order valence-electron chi connectivity index (χ1n) is 7.31. The molecular weight excluding hydrogens is 226 g/mol. The van der Waals surface area contributed by atoms with Crippen LogP contribution in [0.15, 0.2) is 0 Å². The van der Waals surface area contributed by atoms with Crippen LogP contribution in [0.5, 0.6) is 0 Å². The molecule has 1 heterocycles. The Morgan fingerprint density at radius 1 is 1.28 bits per heavy atom. The molecule has 1 aliphatic rings. The molecule has 0 aromatic heterocycles. The van der Waals surface area contributed by atoms with E-state index in [1.807, 2.05) is 0 Å². The van der Waals surface area contributed by atoms with Crippen molar-refractivity contribution in [2.75, 3.05) is 32.7 Å². The topological polar surface area (TPSA) is 44.4 Å². The molecule has 4 nitrogen and oxygen atoms in total. The van der Waals surface area contributed by atoms with Gasteiger partial charge in [0.1, 0.15) is 0 Å². The molecule has 1 amide bonds. The molecule has 1 atom stereocenters. The van der Waals surface area contributed by atoms with E-state index in [4.69, 9.17) is 0 Å². The van der Waals surface area contributed by atoms with E-state index >= 15 is 0 Å². The summed E-state index contributed by atoms with van der Waals surface area (Å²) in [5.41, 5.74) is 0. The Morgan fingerprint density at radius 3 is 2.56 bits per heavy atom. The summed E-state index contributed by atoms with van der Waals surface area (Å²) in [7, 11) is 0. The predicted octanol–water partition coefficient (Wildman–Crippen LogP) is 1.22. The fraction of sp³-hybridized carbons (Fsp3) is 0.929. The van der Waals surface area contributed by atoms with Gasteiger partial charge in [-0.1, -0.05) is 13.8 Å². The van der Waals surface area contributed by atoms with Crippen molar-refractivity contribution in [2.24, 2.45) is 5.92 Å². The quantitative estimate of drug-likeness (QED) is 0.672. The third-order valence-electron chi connectivity index (χ3n) is 3.54. The number of nitrogens with one attached hydrogen (secondary N) is 2. The number of hydrogen-bond acceptors (Lipinski definition) is 3. The Bertz CT molecular complexity index is 237. The van der Waals surface area contributed by atoms with Gasteiger partial charge in [-0.05, 0) is 25.7 Å². The number of carbonyl (C=O) groups excluding carboxylic acids is 1. The molecule has 1 saturated heterocycles. The van der Waals surface area contributed by atoms with Crippen molar-refractivity contribution >= 4 is 5.91 Å². The van der Waals surface area contributed by atoms with Crippen LogP contribution in [-0.2, 0) is 4.79 Å². The lowest BCUT2D eigenvalue weighted by atomic mass is 10.1. The van der Waals surface area contributed by atoms with E-state index in [2.05, 4.69) is 36.3 Å². The fourth-order valence-corrected chi connectivity index (χ4v) is 2.33. The van der Waals surface area contributed by atoms with Crippen LogP contribution in [0.3, 0.4) is 0 Å². The molecule has 0 spiro atoms. The third-order valence-corrected chi connectivity index (χ3v) is 3.54. The minimum absolute atomic E-state index is 0.199. The average molecular weight is 255 g/mol. The number of amides is 1. The Morgan fingerprint density at radius 2 is 1.94 bits per heavy atom. The Balaban J connectivity index is 2.10. The summed E-state index contributed by atoms with van der Waals surface area (Å²) < 4.78 is 0. The van der Waals surface area contributed by atoms with Crippen LogP contribution >= 0.6 is 0 Å². The number of carbonyl (C=O) groups is 1. The number of rotatable bonds is 7. The highest BCUT2D eigenvalue weighted by molar-refractivity contribution is 5.76. The molecule has 0 aromatic carbocycles. The fourth-order valence-electron chi connectivity index (χ4n) is 2.33. The van der Waals surface area contributed by atoms with E-state index in [1.165, 1.54) is 6.42 Å². The molecule has 0 radical (unpaired) electrons. The summed E-state index contributed by atoms with van der Waals surface area (Å²) in [6.07, 6.45) is 2.90. The highest BCUT2D eigenvalue weighted by Gasteiger charge is 2.18. The standard InChI is InChI=1S/C14H29N3O/c1-12(2)5-4-6-16-14(18)11-13(3)17-9-7-15-8-10-17/h12-13,15H,4-11H2,1-3H3,(H,16,18). The number of piperazine rings is 1. The third kappa shape index (κ3) is 6.36. The van der Waals surface area contributed by atoms with Gasteiger partial charge in [-0.25, -0.2) is 0 Å². The van der Waals surface area contributed by atoms with E-state index < -0.39 is 0 Å². The number of nitrogens with zero attached hydrogens (tertiary/aromatic N) is 1. The smallest absolute Gasteiger partial charge is 0.221 e. The van der Waals surface area contributed by atoms with Crippen LogP contribution in [0.25, 0.3) is 0 Å². The van der Waals surface area contributed by atoms with Gasteiger partial charge in [-0.15, -0.1) is 0 Å². The lowest BCUT2D eigenvalue weighted by Gasteiger charge is -2.32. The zero-order valence-corrected chi connectivity index (χ0v) is 12.2. The highest BCUT2D eigenvalue weighted by Crippen LogP contribution is 2.05. The van der Waals surface area contributed by atoms with Gasteiger partial charge in [0.25, 0.3) is 0 Å². The van der Waals surface area contributed by atoms with Crippen molar-refractivity contribution in [2.45, 2.75) is 46.1 Å². The first kappa shape index (κ1) is 15.4. The van der Waals surface area contributed by atoms with Gasteiger partial charge in [0.15, 0.2) is 0 Å². The van der Waals surface area contributed by atoms with E-state index in [1.54, 1.807) is 0 Å². The van der Waals surface area contributed by atoms with Crippen molar-refractivity contribution < 1.29 is 4.79 Å².